The third-order valence-corrected chi connectivity index (χ3v) is 6.52. The Hall–Kier alpha value is -2.98. The summed E-state index contributed by atoms with van der Waals surface area (Å²) in [6.45, 7) is 5.55. The molecule has 5 rings (SSSR count). The molecule has 4 heterocycles. The molecule has 2 saturated heterocycles. The van der Waals surface area contributed by atoms with Crippen molar-refractivity contribution in [3.8, 4) is 5.75 Å². The highest BCUT2D eigenvalue weighted by molar-refractivity contribution is 6.24. The number of benzene rings is 1. The number of amidine groups is 1. The molecule has 0 spiro atoms. The maximum atomic E-state index is 13.5. The van der Waals surface area contributed by atoms with Crippen molar-refractivity contribution in [3.63, 3.8) is 0 Å². The molecule has 4 aliphatic heterocycles. The zero-order chi connectivity index (χ0) is 22.2. The van der Waals surface area contributed by atoms with Gasteiger partial charge in [-0.2, -0.15) is 0 Å². The van der Waals surface area contributed by atoms with Crippen molar-refractivity contribution in [1.82, 2.24) is 14.7 Å². The molecule has 2 fully saturated rings. The van der Waals surface area contributed by atoms with Gasteiger partial charge in [0.15, 0.2) is 0 Å². The number of morpholine rings is 1. The molecule has 32 heavy (non-hydrogen) atoms. The highest BCUT2D eigenvalue weighted by atomic mass is 16.5. The Morgan fingerprint density at radius 1 is 1.19 bits per heavy atom. The third-order valence-electron chi connectivity index (χ3n) is 6.52. The van der Waals surface area contributed by atoms with E-state index in [1.807, 2.05) is 28.8 Å². The van der Waals surface area contributed by atoms with E-state index >= 15 is 0 Å². The summed E-state index contributed by atoms with van der Waals surface area (Å²) in [6.07, 6.45) is 0.888. The van der Waals surface area contributed by atoms with Crippen LogP contribution in [0.1, 0.15) is 6.42 Å². The van der Waals surface area contributed by atoms with Crippen LogP contribution in [-0.2, 0) is 9.53 Å². The van der Waals surface area contributed by atoms with Gasteiger partial charge in [-0.25, -0.2) is 14.3 Å². The van der Waals surface area contributed by atoms with Gasteiger partial charge in [0.2, 0.25) is 11.9 Å². The fourth-order valence-corrected chi connectivity index (χ4v) is 4.74. The fourth-order valence-electron chi connectivity index (χ4n) is 4.74. The Labute approximate surface area is 187 Å². The number of aliphatic imine (C=N–C) groups is 1. The van der Waals surface area contributed by atoms with E-state index in [2.05, 4.69) is 9.80 Å². The second-order valence-corrected chi connectivity index (χ2v) is 8.36. The molecule has 1 aromatic carbocycles. The number of rotatable bonds is 5. The van der Waals surface area contributed by atoms with Gasteiger partial charge in [0.1, 0.15) is 11.4 Å². The quantitative estimate of drug-likeness (QED) is 0.611. The predicted octanol–water partition coefficient (Wildman–Crippen LogP) is 0.281. The van der Waals surface area contributed by atoms with E-state index in [0.717, 1.165) is 44.0 Å². The van der Waals surface area contributed by atoms with Gasteiger partial charge in [0, 0.05) is 45.7 Å². The lowest BCUT2D eigenvalue weighted by Crippen LogP contribution is -2.64. The van der Waals surface area contributed by atoms with Crippen LogP contribution in [0.15, 0.2) is 29.3 Å². The number of imide groups is 1. The van der Waals surface area contributed by atoms with Crippen LogP contribution in [0.4, 0.5) is 10.5 Å². The molecular weight excluding hydrogens is 412 g/mol. The number of nitrogens with zero attached hydrogens (tertiary/aromatic N) is 6. The molecule has 1 atom stereocenters. The molecule has 3 amide bonds. The fraction of sp³-hybridized carbons (Fsp3) is 0.545. The minimum absolute atomic E-state index is 0.192. The summed E-state index contributed by atoms with van der Waals surface area (Å²) in [5.74, 6) is 1.79. The zero-order valence-corrected chi connectivity index (χ0v) is 18.6. The van der Waals surface area contributed by atoms with E-state index < -0.39 is 6.04 Å². The Kier molecular flexibility index (Phi) is 5.56. The van der Waals surface area contributed by atoms with Gasteiger partial charge >= 0.3 is 12.0 Å². The lowest BCUT2D eigenvalue weighted by molar-refractivity contribution is -0.539. The molecule has 4 aliphatic rings. The van der Waals surface area contributed by atoms with Crippen LogP contribution < -0.4 is 9.64 Å². The molecule has 0 radical (unpaired) electrons. The maximum absolute atomic E-state index is 13.5. The van der Waals surface area contributed by atoms with Gasteiger partial charge in [0.05, 0.1) is 33.4 Å². The number of hydrogen-bond donors (Lipinski definition) is 0. The van der Waals surface area contributed by atoms with Crippen molar-refractivity contribution in [2.24, 2.45) is 4.99 Å². The molecule has 10 nitrogen and oxygen atoms in total. The maximum Gasteiger partial charge on any atom is 0.397 e. The number of anilines is 1. The van der Waals surface area contributed by atoms with Crippen molar-refractivity contribution in [2.45, 2.75) is 12.5 Å². The summed E-state index contributed by atoms with van der Waals surface area (Å²) in [7, 11) is 3.35. The molecule has 0 N–H and O–H groups in total. The van der Waals surface area contributed by atoms with Crippen LogP contribution in [0.5, 0.6) is 5.75 Å². The Morgan fingerprint density at radius 2 is 2.00 bits per heavy atom. The number of urea groups is 1. The number of guanidine groups is 1. The van der Waals surface area contributed by atoms with Gasteiger partial charge in [-0.15, -0.1) is 0 Å². The van der Waals surface area contributed by atoms with E-state index in [-0.39, 0.29) is 11.9 Å². The highest BCUT2D eigenvalue weighted by Crippen LogP contribution is 2.28. The number of ether oxygens (including phenoxy) is 2. The van der Waals surface area contributed by atoms with Crippen LogP contribution in [0.2, 0.25) is 0 Å². The van der Waals surface area contributed by atoms with Crippen LogP contribution in [0, 0.1) is 0 Å². The zero-order valence-electron chi connectivity index (χ0n) is 18.6. The molecule has 0 aliphatic carbocycles. The lowest BCUT2D eigenvalue weighted by atomic mass is 10.1. The van der Waals surface area contributed by atoms with Crippen molar-refractivity contribution >= 4 is 29.4 Å². The predicted molar refractivity (Wildman–Crippen MR) is 118 cm³/mol. The first kappa shape index (κ1) is 20.9. The van der Waals surface area contributed by atoms with Crippen LogP contribution in [-0.4, -0.2) is 116 Å². The summed E-state index contributed by atoms with van der Waals surface area (Å²) in [5.41, 5.74) is 0.956. The first-order valence-electron chi connectivity index (χ1n) is 11.1. The Bertz CT molecular complexity index is 986. The van der Waals surface area contributed by atoms with E-state index in [9.17, 15) is 9.59 Å². The molecular formula is C22H29N6O4+. The van der Waals surface area contributed by atoms with E-state index in [4.69, 9.17) is 14.5 Å². The van der Waals surface area contributed by atoms with E-state index in [1.165, 1.54) is 9.80 Å². The molecule has 1 aromatic rings. The average Bonchev–Trinajstić information content (AvgIpc) is 3.23. The summed E-state index contributed by atoms with van der Waals surface area (Å²) in [5, 5.41) is 0. The smallest absolute Gasteiger partial charge is 0.397 e. The summed E-state index contributed by atoms with van der Waals surface area (Å²) < 4.78 is 12.8. The van der Waals surface area contributed by atoms with Crippen molar-refractivity contribution in [1.29, 1.82) is 0 Å². The van der Waals surface area contributed by atoms with Gasteiger partial charge in [0.25, 0.3) is 5.91 Å². The second-order valence-electron chi connectivity index (χ2n) is 8.36. The normalized spacial score (nSPS) is 24.0. The number of methoxy groups -OCH3 is 1. The molecule has 0 aromatic heterocycles. The van der Waals surface area contributed by atoms with Crippen LogP contribution in [0.3, 0.4) is 0 Å². The molecule has 10 heteroatoms. The standard InChI is InChI=1S/C22H29N6O4/c1-24-19-18(20(29)28(22(24)30)10-9-25-11-13-32-14-12-25)27-8-4-7-26(21(27)23-19)16-5-3-6-17(15-16)31-2/h3,5-6,15,18H,4,7-14H2,1-2H3/q+1. The molecule has 0 bridgehead atoms. The van der Waals surface area contributed by atoms with E-state index in [0.29, 0.717) is 38.1 Å². The second kappa shape index (κ2) is 8.51. The van der Waals surface area contributed by atoms with Crippen molar-refractivity contribution in [2.75, 3.05) is 71.5 Å². The molecule has 0 saturated carbocycles. The van der Waals surface area contributed by atoms with E-state index in [1.54, 1.807) is 14.2 Å². The number of fused-ring (bicyclic) bond motifs is 2. The minimum Gasteiger partial charge on any atom is -0.497 e. The first-order chi connectivity index (χ1) is 15.6. The molecule has 170 valence electrons. The average molecular weight is 442 g/mol. The summed E-state index contributed by atoms with van der Waals surface area (Å²) in [4.78, 5) is 38.6. The third kappa shape index (κ3) is 3.53. The largest absolute Gasteiger partial charge is 0.497 e. The Balaban J connectivity index is 1.41. The van der Waals surface area contributed by atoms with Crippen LogP contribution >= 0.6 is 0 Å². The first-order valence-corrected chi connectivity index (χ1v) is 11.1. The van der Waals surface area contributed by atoms with Gasteiger partial charge < -0.3 is 9.47 Å². The highest BCUT2D eigenvalue weighted by Gasteiger charge is 2.54. The van der Waals surface area contributed by atoms with Crippen molar-refractivity contribution in [3.05, 3.63) is 24.3 Å². The van der Waals surface area contributed by atoms with Crippen LogP contribution in [0.25, 0.3) is 0 Å². The minimum atomic E-state index is -0.564. The lowest BCUT2D eigenvalue weighted by Gasteiger charge is -2.36. The number of hydrogen-bond acceptors (Lipinski definition) is 7. The number of likely N-dealkylation sites (N-methyl/N-ethyl adjacent to an activating group) is 1. The Morgan fingerprint density at radius 3 is 2.78 bits per heavy atom. The summed E-state index contributed by atoms with van der Waals surface area (Å²) >= 11 is 0. The SMILES string of the molecule is COc1cccc(N2CCC[N+]3=C2N=C2C3C(=O)N(CCN3CCOCC3)C(=O)N2C)c1. The van der Waals surface area contributed by atoms with Gasteiger partial charge in [-0.3, -0.25) is 19.5 Å². The van der Waals surface area contributed by atoms with Gasteiger partial charge in [-0.1, -0.05) is 11.1 Å². The summed E-state index contributed by atoms with van der Waals surface area (Å²) in [6, 6.07) is 6.93. The number of amides is 3. The van der Waals surface area contributed by atoms with Gasteiger partial charge in [-0.05, 0) is 12.1 Å². The topological polar surface area (TPSA) is 80.9 Å². The number of carbonyl (C=O) groups excluding carboxylic acids is 2. The monoisotopic (exact) mass is 441 g/mol. The number of carbonyl (C=O) groups is 2. The van der Waals surface area contributed by atoms with Crippen molar-refractivity contribution < 1.29 is 23.6 Å². The molecule has 1 unspecified atom stereocenters.